The number of nitrogens with one attached hydrogen (secondary N) is 1. The molecule has 0 unspecified atom stereocenters. The van der Waals surface area contributed by atoms with Crippen LogP contribution in [0.2, 0.25) is 0 Å². The van der Waals surface area contributed by atoms with E-state index in [1.165, 1.54) is 68.2 Å². The highest BCUT2D eigenvalue weighted by atomic mass is 15.1. The molecule has 2 fully saturated rings. The molecule has 0 aliphatic heterocycles. The van der Waals surface area contributed by atoms with Gasteiger partial charge < -0.3 is 10.2 Å². The molecule has 0 bridgehead atoms. The standard InChI is InChI=1S/C19H30N2/c1-15-9-12-19(16(13-15)14-20-17-10-11-17)21(2)18-7-5-3-4-6-8-18/h9,12-13,17-18,20H,3-8,10-11,14H2,1-2H3. The van der Waals surface area contributed by atoms with Crippen LogP contribution in [0.1, 0.15) is 62.5 Å². The Labute approximate surface area is 129 Å². The van der Waals surface area contributed by atoms with Gasteiger partial charge in [0.05, 0.1) is 0 Å². The lowest BCUT2D eigenvalue weighted by Gasteiger charge is -2.31. The van der Waals surface area contributed by atoms with Crippen molar-refractivity contribution in [2.75, 3.05) is 11.9 Å². The largest absolute Gasteiger partial charge is 0.371 e. The Kier molecular flexibility index (Phi) is 4.84. The van der Waals surface area contributed by atoms with Gasteiger partial charge in [0.25, 0.3) is 0 Å². The summed E-state index contributed by atoms with van der Waals surface area (Å²) >= 11 is 0. The summed E-state index contributed by atoms with van der Waals surface area (Å²) in [5.41, 5.74) is 4.30. The van der Waals surface area contributed by atoms with Crippen LogP contribution in [0.3, 0.4) is 0 Å². The van der Waals surface area contributed by atoms with Gasteiger partial charge in [-0.15, -0.1) is 0 Å². The molecular weight excluding hydrogens is 256 g/mol. The van der Waals surface area contributed by atoms with Crippen LogP contribution in [0, 0.1) is 6.92 Å². The quantitative estimate of drug-likeness (QED) is 0.807. The van der Waals surface area contributed by atoms with Crippen LogP contribution >= 0.6 is 0 Å². The number of hydrogen-bond donors (Lipinski definition) is 1. The minimum atomic E-state index is 0.731. The van der Waals surface area contributed by atoms with Crippen molar-refractivity contribution >= 4 is 5.69 Å². The zero-order valence-corrected chi connectivity index (χ0v) is 13.7. The van der Waals surface area contributed by atoms with Crippen LogP contribution in [-0.2, 0) is 6.54 Å². The Bertz CT molecular complexity index is 457. The van der Waals surface area contributed by atoms with Crippen molar-refractivity contribution in [1.82, 2.24) is 5.32 Å². The third-order valence-electron chi connectivity index (χ3n) is 5.15. The van der Waals surface area contributed by atoms with Gasteiger partial charge in [-0.1, -0.05) is 43.4 Å². The predicted molar refractivity (Wildman–Crippen MR) is 90.9 cm³/mol. The maximum Gasteiger partial charge on any atom is 0.0411 e. The molecule has 2 nitrogen and oxygen atoms in total. The molecule has 2 aliphatic rings. The number of nitrogens with zero attached hydrogens (tertiary/aromatic N) is 1. The molecule has 2 saturated carbocycles. The molecule has 0 aromatic heterocycles. The molecule has 116 valence electrons. The average molecular weight is 286 g/mol. The first-order valence-corrected chi connectivity index (χ1v) is 8.80. The normalized spacial score (nSPS) is 20.3. The van der Waals surface area contributed by atoms with Crippen LogP contribution in [0.25, 0.3) is 0 Å². The molecule has 2 aliphatic carbocycles. The predicted octanol–water partition coefficient (Wildman–Crippen LogP) is 4.41. The Morgan fingerprint density at radius 1 is 1.05 bits per heavy atom. The van der Waals surface area contributed by atoms with Gasteiger partial charge in [0, 0.05) is 31.4 Å². The van der Waals surface area contributed by atoms with E-state index in [1.807, 2.05) is 0 Å². The van der Waals surface area contributed by atoms with E-state index in [9.17, 15) is 0 Å². The maximum absolute atomic E-state index is 3.68. The highest BCUT2D eigenvalue weighted by Gasteiger charge is 2.22. The first-order valence-electron chi connectivity index (χ1n) is 8.80. The third kappa shape index (κ3) is 4.00. The number of anilines is 1. The van der Waals surface area contributed by atoms with Crippen LogP contribution in [-0.4, -0.2) is 19.1 Å². The maximum atomic E-state index is 3.68. The van der Waals surface area contributed by atoms with E-state index in [-0.39, 0.29) is 0 Å². The van der Waals surface area contributed by atoms with Crippen molar-refractivity contribution in [1.29, 1.82) is 0 Å². The lowest BCUT2D eigenvalue weighted by Crippen LogP contribution is -2.32. The molecule has 21 heavy (non-hydrogen) atoms. The number of hydrogen-bond acceptors (Lipinski definition) is 2. The Balaban J connectivity index is 1.74. The SMILES string of the molecule is Cc1ccc(N(C)C2CCCCCC2)c(CNC2CC2)c1. The van der Waals surface area contributed by atoms with Gasteiger partial charge in [0.15, 0.2) is 0 Å². The van der Waals surface area contributed by atoms with Crippen LogP contribution < -0.4 is 10.2 Å². The molecule has 1 N–H and O–H groups in total. The minimum Gasteiger partial charge on any atom is -0.371 e. The van der Waals surface area contributed by atoms with Crippen molar-refractivity contribution in [2.45, 2.75) is 76.9 Å². The van der Waals surface area contributed by atoms with Gasteiger partial charge in [-0.3, -0.25) is 0 Å². The van der Waals surface area contributed by atoms with Gasteiger partial charge >= 0.3 is 0 Å². The molecular formula is C19H30N2. The van der Waals surface area contributed by atoms with E-state index in [0.29, 0.717) is 0 Å². The average Bonchev–Trinajstić information content (AvgIpc) is 3.31. The lowest BCUT2D eigenvalue weighted by molar-refractivity contribution is 0.550. The van der Waals surface area contributed by atoms with Gasteiger partial charge in [-0.2, -0.15) is 0 Å². The Morgan fingerprint density at radius 2 is 1.76 bits per heavy atom. The first kappa shape index (κ1) is 14.9. The molecule has 1 aromatic rings. The van der Waals surface area contributed by atoms with E-state index < -0.39 is 0 Å². The monoisotopic (exact) mass is 286 g/mol. The van der Waals surface area contributed by atoms with E-state index in [2.05, 4.69) is 42.4 Å². The molecule has 0 spiro atoms. The summed E-state index contributed by atoms with van der Waals surface area (Å²) in [6, 6.07) is 8.49. The smallest absolute Gasteiger partial charge is 0.0411 e. The topological polar surface area (TPSA) is 15.3 Å². The highest BCUT2D eigenvalue weighted by Crippen LogP contribution is 2.29. The highest BCUT2D eigenvalue weighted by molar-refractivity contribution is 5.55. The zero-order chi connectivity index (χ0) is 14.7. The second kappa shape index (κ2) is 6.83. The van der Waals surface area contributed by atoms with Gasteiger partial charge in [-0.05, 0) is 44.2 Å². The summed E-state index contributed by atoms with van der Waals surface area (Å²) in [6.07, 6.45) is 11.1. The fraction of sp³-hybridized carbons (Fsp3) is 0.684. The summed E-state index contributed by atoms with van der Waals surface area (Å²) in [5.74, 6) is 0. The van der Waals surface area contributed by atoms with Crippen molar-refractivity contribution in [2.24, 2.45) is 0 Å². The summed E-state index contributed by atoms with van der Waals surface area (Å²) < 4.78 is 0. The summed E-state index contributed by atoms with van der Waals surface area (Å²) in [5, 5.41) is 3.68. The van der Waals surface area contributed by atoms with Gasteiger partial charge in [-0.25, -0.2) is 0 Å². The summed E-state index contributed by atoms with van der Waals surface area (Å²) in [7, 11) is 2.31. The second-order valence-electron chi connectivity index (χ2n) is 7.04. The summed E-state index contributed by atoms with van der Waals surface area (Å²) in [4.78, 5) is 2.56. The van der Waals surface area contributed by atoms with E-state index in [0.717, 1.165) is 18.6 Å². The van der Waals surface area contributed by atoms with Crippen molar-refractivity contribution in [3.05, 3.63) is 29.3 Å². The fourth-order valence-corrected chi connectivity index (χ4v) is 3.58. The van der Waals surface area contributed by atoms with Crippen LogP contribution in [0.4, 0.5) is 5.69 Å². The zero-order valence-electron chi connectivity index (χ0n) is 13.7. The van der Waals surface area contributed by atoms with Gasteiger partial charge in [0.2, 0.25) is 0 Å². The third-order valence-corrected chi connectivity index (χ3v) is 5.15. The van der Waals surface area contributed by atoms with Crippen LogP contribution in [0.15, 0.2) is 18.2 Å². The minimum absolute atomic E-state index is 0.731. The lowest BCUT2D eigenvalue weighted by atomic mass is 10.0. The van der Waals surface area contributed by atoms with E-state index in [1.54, 1.807) is 0 Å². The molecule has 1 aromatic carbocycles. The fourth-order valence-electron chi connectivity index (χ4n) is 3.58. The van der Waals surface area contributed by atoms with Crippen molar-refractivity contribution in [3.8, 4) is 0 Å². The summed E-state index contributed by atoms with van der Waals surface area (Å²) in [6.45, 7) is 3.23. The molecule has 2 heteroatoms. The van der Waals surface area contributed by atoms with Gasteiger partial charge in [0.1, 0.15) is 0 Å². The Hall–Kier alpha value is -1.02. The molecule has 3 rings (SSSR count). The first-order chi connectivity index (χ1) is 10.2. The van der Waals surface area contributed by atoms with E-state index >= 15 is 0 Å². The number of benzene rings is 1. The van der Waals surface area contributed by atoms with Crippen molar-refractivity contribution in [3.63, 3.8) is 0 Å². The van der Waals surface area contributed by atoms with Crippen molar-refractivity contribution < 1.29 is 0 Å². The number of aryl methyl sites for hydroxylation is 1. The number of rotatable bonds is 5. The molecule has 0 amide bonds. The van der Waals surface area contributed by atoms with Crippen LogP contribution in [0.5, 0.6) is 0 Å². The molecule has 0 atom stereocenters. The molecule has 0 saturated heterocycles. The van der Waals surface area contributed by atoms with E-state index in [4.69, 9.17) is 0 Å². The molecule has 0 radical (unpaired) electrons. The second-order valence-corrected chi connectivity index (χ2v) is 7.04. The Morgan fingerprint density at radius 3 is 2.43 bits per heavy atom. The molecule has 0 heterocycles.